The van der Waals surface area contributed by atoms with Gasteiger partial charge in [-0.1, -0.05) is 28.1 Å². The molecule has 0 bridgehead atoms. The maximum Gasteiger partial charge on any atom is 0.306 e. The Labute approximate surface area is 213 Å². The van der Waals surface area contributed by atoms with Crippen LogP contribution in [-0.4, -0.2) is 24.4 Å². The number of anilines is 2. The molecule has 7 nitrogen and oxygen atoms in total. The lowest BCUT2D eigenvalue weighted by Gasteiger charge is -2.10. The third kappa shape index (κ3) is 8.57. The molecule has 0 fully saturated rings. The molecule has 0 heterocycles. The Kier molecular flexibility index (Phi) is 9.43. The number of amides is 2. The summed E-state index contributed by atoms with van der Waals surface area (Å²) >= 11 is 3.38. The number of esters is 1. The van der Waals surface area contributed by atoms with Gasteiger partial charge in [-0.2, -0.15) is 0 Å². The topological polar surface area (TPSA) is 93.7 Å². The number of hydrogen-bond acceptors (Lipinski definition) is 5. The lowest BCUT2D eigenvalue weighted by atomic mass is 10.1. The summed E-state index contributed by atoms with van der Waals surface area (Å²) < 4.78 is 11.7. The third-order valence-corrected chi connectivity index (χ3v) is 5.74. The Bertz CT molecular complexity index is 1180. The standard InChI is InChI=1S/C27H27BrN2O5/c1-18-5-3-6-24(19(18)2)30-26(32)17-34-27(33)8-4-7-25(31)29-21-11-15-23(16-12-21)35-22-13-9-20(28)10-14-22/h3,5-6,9-16H,4,7-8,17H2,1-2H3,(H,29,31)(H,30,32). The molecule has 3 rings (SSSR count). The van der Waals surface area contributed by atoms with Crippen LogP contribution in [0.4, 0.5) is 11.4 Å². The van der Waals surface area contributed by atoms with Crippen molar-refractivity contribution in [1.82, 2.24) is 0 Å². The van der Waals surface area contributed by atoms with E-state index in [1.54, 1.807) is 30.3 Å². The predicted octanol–water partition coefficient (Wildman–Crippen LogP) is 6.15. The molecule has 2 amide bonds. The number of ether oxygens (including phenoxy) is 2. The number of aryl methyl sites for hydroxylation is 1. The normalized spacial score (nSPS) is 10.4. The zero-order valence-electron chi connectivity index (χ0n) is 19.6. The molecule has 0 aliphatic rings. The second-order valence-electron chi connectivity index (χ2n) is 7.94. The van der Waals surface area contributed by atoms with Crippen LogP contribution in [0.25, 0.3) is 0 Å². The number of carbonyl (C=O) groups is 3. The molecular weight excluding hydrogens is 512 g/mol. The van der Waals surface area contributed by atoms with Gasteiger partial charge in [0.1, 0.15) is 11.5 Å². The fraction of sp³-hybridized carbons (Fsp3) is 0.222. The molecule has 3 aromatic carbocycles. The van der Waals surface area contributed by atoms with Gasteiger partial charge in [-0.15, -0.1) is 0 Å². The number of hydrogen-bond donors (Lipinski definition) is 2. The Hall–Kier alpha value is -3.65. The molecule has 3 aromatic rings. The molecule has 0 atom stereocenters. The number of benzene rings is 3. The van der Waals surface area contributed by atoms with E-state index < -0.39 is 11.9 Å². The molecule has 182 valence electrons. The molecule has 0 radical (unpaired) electrons. The van der Waals surface area contributed by atoms with E-state index in [1.807, 2.05) is 50.2 Å². The molecule has 0 aliphatic heterocycles. The quantitative estimate of drug-likeness (QED) is 0.302. The molecule has 0 aromatic heterocycles. The van der Waals surface area contributed by atoms with Crippen LogP contribution in [-0.2, 0) is 19.1 Å². The summed E-state index contributed by atoms with van der Waals surface area (Å²) in [7, 11) is 0. The Balaban J connectivity index is 1.33. The number of carbonyl (C=O) groups excluding carboxylic acids is 3. The van der Waals surface area contributed by atoms with Crippen LogP contribution in [0.1, 0.15) is 30.4 Å². The second kappa shape index (κ2) is 12.7. The van der Waals surface area contributed by atoms with Crippen molar-refractivity contribution in [2.45, 2.75) is 33.1 Å². The van der Waals surface area contributed by atoms with Crippen molar-refractivity contribution < 1.29 is 23.9 Å². The summed E-state index contributed by atoms with van der Waals surface area (Å²) in [6, 6.07) is 20.1. The van der Waals surface area contributed by atoms with Crippen molar-refractivity contribution in [3.63, 3.8) is 0 Å². The van der Waals surface area contributed by atoms with Crippen LogP contribution in [0.3, 0.4) is 0 Å². The fourth-order valence-corrected chi connectivity index (χ4v) is 3.42. The van der Waals surface area contributed by atoms with Crippen molar-refractivity contribution in [2.75, 3.05) is 17.2 Å². The first-order valence-electron chi connectivity index (χ1n) is 11.1. The highest BCUT2D eigenvalue weighted by Crippen LogP contribution is 2.24. The molecular formula is C27H27BrN2O5. The molecule has 35 heavy (non-hydrogen) atoms. The van der Waals surface area contributed by atoms with E-state index in [-0.39, 0.29) is 25.4 Å². The van der Waals surface area contributed by atoms with Crippen LogP contribution in [0, 0.1) is 13.8 Å². The highest BCUT2D eigenvalue weighted by molar-refractivity contribution is 9.10. The smallest absolute Gasteiger partial charge is 0.306 e. The SMILES string of the molecule is Cc1cccc(NC(=O)COC(=O)CCCC(=O)Nc2ccc(Oc3ccc(Br)cc3)cc2)c1C. The number of rotatable bonds is 10. The second-order valence-corrected chi connectivity index (χ2v) is 8.85. The van der Waals surface area contributed by atoms with Crippen LogP contribution < -0.4 is 15.4 Å². The minimum absolute atomic E-state index is 0.0458. The van der Waals surface area contributed by atoms with Gasteiger partial charge in [0.05, 0.1) is 0 Å². The molecule has 0 saturated heterocycles. The van der Waals surface area contributed by atoms with Gasteiger partial charge in [0, 0.05) is 28.7 Å². The van der Waals surface area contributed by atoms with Crippen molar-refractivity contribution in [3.8, 4) is 11.5 Å². The minimum Gasteiger partial charge on any atom is -0.457 e. The van der Waals surface area contributed by atoms with E-state index in [1.165, 1.54) is 0 Å². The van der Waals surface area contributed by atoms with Crippen LogP contribution in [0.2, 0.25) is 0 Å². The molecule has 2 N–H and O–H groups in total. The first-order valence-corrected chi connectivity index (χ1v) is 11.9. The first kappa shape index (κ1) is 26.0. The van der Waals surface area contributed by atoms with Gasteiger partial charge < -0.3 is 20.1 Å². The summed E-state index contributed by atoms with van der Waals surface area (Å²) in [4.78, 5) is 36.1. The molecule has 0 spiro atoms. The fourth-order valence-electron chi connectivity index (χ4n) is 3.15. The van der Waals surface area contributed by atoms with E-state index in [0.29, 0.717) is 29.3 Å². The zero-order chi connectivity index (χ0) is 25.2. The molecule has 0 saturated carbocycles. The van der Waals surface area contributed by atoms with Gasteiger partial charge in [-0.3, -0.25) is 14.4 Å². The van der Waals surface area contributed by atoms with Crippen LogP contribution in [0.15, 0.2) is 71.2 Å². The maximum absolute atomic E-state index is 12.2. The number of nitrogens with one attached hydrogen (secondary N) is 2. The summed E-state index contributed by atoms with van der Waals surface area (Å²) in [5.74, 6) is 0.210. The van der Waals surface area contributed by atoms with Crippen molar-refractivity contribution in [1.29, 1.82) is 0 Å². The average molecular weight is 539 g/mol. The summed E-state index contributed by atoms with van der Waals surface area (Å²) in [5, 5.41) is 5.52. The lowest BCUT2D eigenvalue weighted by Crippen LogP contribution is -2.21. The van der Waals surface area contributed by atoms with E-state index in [2.05, 4.69) is 26.6 Å². The first-order chi connectivity index (χ1) is 16.8. The largest absolute Gasteiger partial charge is 0.457 e. The predicted molar refractivity (Wildman–Crippen MR) is 139 cm³/mol. The average Bonchev–Trinajstić information content (AvgIpc) is 2.83. The van der Waals surface area contributed by atoms with Crippen molar-refractivity contribution >= 4 is 45.1 Å². The summed E-state index contributed by atoms with van der Waals surface area (Å²) in [6.45, 7) is 3.50. The maximum atomic E-state index is 12.2. The van der Waals surface area contributed by atoms with Crippen molar-refractivity contribution in [2.24, 2.45) is 0 Å². The zero-order valence-corrected chi connectivity index (χ0v) is 21.2. The summed E-state index contributed by atoms with van der Waals surface area (Å²) in [5.41, 5.74) is 3.34. The van der Waals surface area contributed by atoms with Gasteiger partial charge in [-0.25, -0.2) is 0 Å². The van der Waals surface area contributed by atoms with Crippen LogP contribution >= 0.6 is 15.9 Å². The Morgan fingerprint density at radius 1 is 0.800 bits per heavy atom. The van der Waals surface area contributed by atoms with Gasteiger partial charge >= 0.3 is 5.97 Å². The van der Waals surface area contributed by atoms with E-state index in [9.17, 15) is 14.4 Å². The highest BCUT2D eigenvalue weighted by atomic mass is 79.9. The van der Waals surface area contributed by atoms with E-state index >= 15 is 0 Å². The highest BCUT2D eigenvalue weighted by Gasteiger charge is 2.11. The van der Waals surface area contributed by atoms with Gasteiger partial charge in [-0.05, 0) is 86.0 Å². The third-order valence-electron chi connectivity index (χ3n) is 5.22. The van der Waals surface area contributed by atoms with E-state index in [0.717, 1.165) is 15.6 Å². The van der Waals surface area contributed by atoms with Gasteiger partial charge in [0.15, 0.2) is 6.61 Å². The molecule has 0 unspecified atom stereocenters. The van der Waals surface area contributed by atoms with Gasteiger partial charge in [0.2, 0.25) is 5.91 Å². The Morgan fingerprint density at radius 3 is 2.14 bits per heavy atom. The lowest BCUT2D eigenvalue weighted by molar-refractivity contribution is -0.147. The van der Waals surface area contributed by atoms with Crippen molar-refractivity contribution in [3.05, 3.63) is 82.3 Å². The molecule has 0 aliphatic carbocycles. The van der Waals surface area contributed by atoms with Gasteiger partial charge in [0.25, 0.3) is 5.91 Å². The minimum atomic E-state index is -0.525. The van der Waals surface area contributed by atoms with E-state index in [4.69, 9.17) is 9.47 Å². The van der Waals surface area contributed by atoms with Crippen LogP contribution in [0.5, 0.6) is 11.5 Å². The number of halogens is 1. The molecule has 8 heteroatoms. The summed E-state index contributed by atoms with van der Waals surface area (Å²) in [6.07, 6.45) is 0.513. The Morgan fingerprint density at radius 2 is 1.46 bits per heavy atom. The monoisotopic (exact) mass is 538 g/mol.